The van der Waals surface area contributed by atoms with Gasteiger partial charge in [0.15, 0.2) is 11.0 Å². The molecule has 0 unspecified atom stereocenters. The second kappa shape index (κ2) is 7.34. The monoisotopic (exact) mass is 322 g/mol. The van der Waals surface area contributed by atoms with E-state index in [1.54, 1.807) is 0 Å². The fourth-order valence-electron chi connectivity index (χ4n) is 1.80. The van der Waals surface area contributed by atoms with E-state index in [0.29, 0.717) is 17.4 Å². The van der Waals surface area contributed by atoms with Crippen LogP contribution >= 0.6 is 23.4 Å². The maximum atomic E-state index is 8.63. The summed E-state index contributed by atoms with van der Waals surface area (Å²) >= 11 is 7.36. The van der Waals surface area contributed by atoms with Crippen LogP contribution < -0.4 is 4.74 Å². The molecule has 0 saturated heterocycles. The number of ether oxygens (including phenoxy) is 1. The van der Waals surface area contributed by atoms with E-state index in [0.717, 1.165) is 28.8 Å². The smallest absolute Gasteiger partial charge is 0.192 e. The van der Waals surface area contributed by atoms with Crippen LogP contribution in [0.4, 0.5) is 0 Å². The minimum atomic E-state index is 0.328. The van der Waals surface area contributed by atoms with Gasteiger partial charge >= 0.3 is 0 Å². The maximum Gasteiger partial charge on any atom is 0.192 e. The Hall–Kier alpha value is -1.71. The average Bonchev–Trinajstić information content (AvgIpc) is 2.88. The minimum Gasteiger partial charge on any atom is -0.486 e. The topological polar surface area (TPSA) is 63.7 Å². The zero-order chi connectivity index (χ0) is 15.2. The summed E-state index contributed by atoms with van der Waals surface area (Å²) in [6.45, 7) is 5.00. The van der Waals surface area contributed by atoms with Crippen molar-refractivity contribution in [1.82, 2.24) is 14.8 Å². The molecule has 2 aromatic rings. The van der Waals surface area contributed by atoms with E-state index >= 15 is 0 Å². The van der Waals surface area contributed by atoms with Gasteiger partial charge in [-0.25, -0.2) is 0 Å². The zero-order valence-electron chi connectivity index (χ0n) is 11.8. The molecular weight excluding hydrogens is 308 g/mol. The van der Waals surface area contributed by atoms with E-state index in [9.17, 15) is 0 Å². The molecule has 21 heavy (non-hydrogen) atoms. The standard InChI is InChI=1S/C14H15ClN4OS/c1-3-19-13(17-18-14(19)21-7-6-16)9-20-11-4-5-12(15)10(2)8-11/h4-5,8H,3,7,9H2,1-2H3. The molecule has 2 rings (SSSR count). The fraction of sp³-hybridized carbons (Fsp3) is 0.357. The first-order valence-electron chi connectivity index (χ1n) is 6.46. The molecule has 0 fully saturated rings. The van der Waals surface area contributed by atoms with Crippen molar-refractivity contribution in [2.75, 3.05) is 5.75 Å². The fourth-order valence-corrected chi connectivity index (χ4v) is 2.60. The molecule has 0 radical (unpaired) electrons. The van der Waals surface area contributed by atoms with E-state index < -0.39 is 0 Å². The van der Waals surface area contributed by atoms with Crippen LogP contribution in [-0.2, 0) is 13.2 Å². The third kappa shape index (κ3) is 3.90. The zero-order valence-corrected chi connectivity index (χ0v) is 13.4. The van der Waals surface area contributed by atoms with Gasteiger partial charge in [0.1, 0.15) is 12.4 Å². The third-order valence-corrected chi connectivity index (χ3v) is 4.13. The van der Waals surface area contributed by atoms with Gasteiger partial charge in [0, 0.05) is 11.6 Å². The molecule has 0 aliphatic rings. The Morgan fingerprint density at radius 2 is 2.24 bits per heavy atom. The second-order valence-electron chi connectivity index (χ2n) is 4.29. The molecule has 0 atom stereocenters. The van der Waals surface area contributed by atoms with Gasteiger partial charge in [-0.3, -0.25) is 0 Å². The number of aromatic nitrogens is 3. The lowest BCUT2D eigenvalue weighted by Gasteiger charge is -2.09. The number of hydrogen-bond donors (Lipinski definition) is 0. The van der Waals surface area contributed by atoms with Crippen molar-refractivity contribution in [1.29, 1.82) is 5.26 Å². The molecular formula is C14H15ClN4OS. The Labute approximate surface area is 132 Å². The van der Waals surface area contributed by atoms with Crippen molar-refractivity contribution in [3.8, 4) is 11.8 Å². The highest BCUT2D eigenvalue weighted by Gasteiger charge is 2.11. The number of thioether (sulfide) groups is 1. The lowest BCUT2D eigenvalue weighted by Crippen LogP contribution is -2.07. The first kappa shape index (κ1) is 15.7. The van der Waals surface area contributed by atoms with Gasteiger partial charge < -0.3 is 9.30 Å². The van der Waals surface area contributed by atoms with E-state index in [1.807, 2.05) is 36.6 Å². The molecule has 5 nitrogen and oxygen atoms in total. The predicted molar refractivity (Wildman–Crippen MR) is 82.6 cm³/mol. The van der Waals surface area contributed by atoms with Crippen molar-refractivity contribution in [2.45, 2.75) is 32.2 Å². The number of benzene rings is 1. The van der Waals surface area contributed by atoms with Crippen molar-refractivity contribution >= 4 is 23.4 Å². The van der Waals surface area contributed by atoms with Gasteiger partial charge in [-0.2, -0.15) is 5.26 Å². The van der Waals surface area contributed by atoms with Crippen LogP contribution in [0, 0.1) is 18.3 Å². The van der Waals surface area contributed by atoms with E-state index in [2.05, 4.69) is 16.3 Å². The van der Waals surface area contributed by atoms with Gasteiger partial charge in [-0.1, -0.05) is 23.4 Å². The van der Waals surface area contributed by atoms with Crippen LogP contribution in [0.1, 0.15) is 18.3 Å². The summed E-state index contributed by atoms with van der Waals surface area (Å²) < 4.78 is 7.68. The summed E-state index contributed by atoms with van der Waals surface area (Å²) in [7, 11) is 0. The van der Waals surface area contributed by atoms with Crippen LogP contribution in [0.25, 0.3) is 0 Å². The van der Waals surface area contributed by atoms with Crippen molar-refractivity contribution in [2.24, 2.45) is 0 Å². The summed E-state index contributed by atoms with van der Waals surface area (Å²) in [5.41, 5.74) is 0.969. The molecule has 0 N–H and O–H groups in total. The normalized spacial score (nSPS) is 10.4. The minimum absolute atomic E-state index is 0.328. The second-order valence-corrected chi connectivity index (χ2v) is 5.64. The third-order valence-electron chi connectivity index (χ3n) is 2.87. The largest absolute Gasteiger partial charge is 0.486 e. The molecule has 0 amide bonds. The average molecular weight is 323 g/mol. The van der Waals surface area contributed by atoms with Gasteiger partial charge in [-0.05, 0) is 37.6 Å². The Bertz CT molecular complexity index is 665. The van der Waals surface area contributed by atoms with Crippen LogP contribution in [0.2, 0.25) is 5.02 Å². The Balaban J connectivity index is 2.07. The summed E-state index contributed by atoms with van der Waals surface area (Å²) in [5, 5.41) is 18.3. The molecule has 1 heterocycles. The molecule has 1 aromatic carbocycles. The number of nitriles is 1. The van der Waals surface area contributed by atoms with Crippen LogP contribution in [0.3, 0.4) is 0 Å². The summed E-state index contributed by atoms with van der Waals surface area (Å²) in [4.78, 5) is 0. The summed E-state index contributed by atoms with van der Waals surface area (Å²) in [6.07, 6.45) is 0. The number of nitrogens with zero attached hydrogens (tertiary/aromatic N) is 4. The molecule has 0 spiro atoms. The van der Waals surface area contributed by atoms with E-state index in [1.165, 1.54) is 11.8 Å². The van der Waals surface area contributed by atoms with Crippen LogP contribution in [0.15, 0.2) is 23.4 Å². The number of aryl methyl sites for hydroxylation is 1. The predicted octanol–water partition coefficient (Wildman–Crippen LogP) is 3.45. The number of halogens is 1. The van der Waals surface area contributed by atoms with E-state index in [4.69, 9.17) is 21.6 Å². The lowest BCUT2D eigenvalue weighted by atomic mass is 10.2. The van der Waals surface area contributed by atoms with Crippen LogP contribution in [0.5, 0.6) is 5.75 Å². The van der Waals surface area contributed by atoms with Crippen molar-refractivity contribution < 1.29 is 4.74 Å². The molecule has 7 heteroatoms. The SMILES string of the molecule is CCn1c(COc2ccc(Cl)c(C)c2)nnc1SCC#N. The maximum absolute atomic E-state index is 8.63. The first-order chi connectivity index (χ1) is 10.2. The Morgan fingerprint density at radius 1 is 1.43 bits per heavy atom. The van der Waals surface area contributed by atoms with Gasteiger partial charge in [0.05, 0.1) is 11.8 Å². The molecule has 1 aromatic heterocycles. The Kier molecular flexibility index (Phi) is 5.48. The first-order valence-corrected chi connectivity index (χ1v) is 7.82. The molecule has 0 aliphatic carbocycles. The highest BCUT2D eigenvalue weighted by molar-refractivity contribution is 7.99. The lowest BCUT2D eigenvalue weighted by molar-refractivity contribution is 0.288. The highest BCUT2D eigenvalue weighted by atomic mass is 35.5. The number of hydrogen-bond acceptors (Lipinski definition) is 5. The van der Waals surface area contributed by atoms with Crippen LogP contribution in [-0.4, -0.2) is 20.5 Å². The number of rotatable bonds is 6. The highest BCUT2D eigenvalue weighted by Crippen LogP contribution is 2.22. The van der Waals surface area contributed by atoms with Gasteiger partial charge in [0.25, 0.3) is 0 Å². The Morgan fingerprint density at radius 3 is 2.90 bits per heavy atom. The van der Waals surface area contributed by atoms with Crippen molar-refractivity contribution in [3.05, 3.63) is 34.6 Å². The molecule has 0 aliphatic heterocycles. The summed E-state index contributed by atoms with van der Waals surface area (Å²) in [5.74, 6) is 1.84. The van der Waals surface area contributed by atoms with Gasteiger partial charge in [0.2, 0.25) is 0 Å². The van der Waals surface area contributed by atoms with Gasteiger partial charge in [-0.15, -0.1) is 10.2 Å². The summed E-state index contributed by atoms with van der Waals surface area (Å²) in [6, 6.07) is 7.61. The molecule has 0 saturated carbocycles. The molecule has 110 valence electrons. The van der Waals surface area contributed by atoms with E-state index in [-0.39, 0.29) is 0 Å². The molecule has 0 bridgehead atoms. The van der Waals surface area contributed by atoms with Crippen molar-refractivity contribution in [3.63, 3.8) is 0 Å². The quantitative estimate of drug-likeness (QED) is 0.762.